The maximum atomic E-state index is 5.51. The third kappa shape index (κ3) is 3.04. The minimum atomic E-state index is 0.580. The minimum Gasteiger partial charge on any atom is -0.480 e. The summed E-state index contributed by atoms with van der Waals surface area (Å²) in [7, 11) is 3.68. The first kappa shape index (κ1) is 16.3. The van der Waals surface area contributed by atoms with Gasteiger partial charge in [0, 0.05) is 31.4 Å². The maximum Gasteiger partial charge on any atom is 0.223 e. The number of ether oxygens (including phenoxy) is 1. The highest BCUT2D eigenvalue weighted by molar-refractivity contribution is 5.82. The summed E-state index contributed by atoms with van der Waals surface area (Å²) in [6, 6.07) is 16.5. The number of aromatic nitrogens is 4. The van der Waals surface area contributed by atoms with Crippen molar-refractivity contribution in [2.45, 2.75) is 12.8 Å². The normalized spacial score (nSPS) is 11.0. The van der Waals surface area contributed by atoms with E-state index in [1.54, 1.807) is 19.5 Å². The monoisotopic (exact) mass is 344 g/mol. The van der Waals surface area contributed by atoms with Gasteiger partial charge in [-0.15, -0.1) is 0 Å². The maximum absolute atomic E-state index is 5.51. The largest absolute Gasteiger partial charge is 0.480 e. The Bertz CT molecular complexity index is 1030. The molecule has 0 bridgehead atoms. The molecule has 5 heteroatoms. The second-order valence-electron chi connectivity index (χ2n) is 6.20. The molecule has 0 atom stereocenters. The topological polar surface area (TPSA) is 52.8 Å². The van der Waals surface area contributed by atoms with Gasteiger partial charge in [-0.3, -0.25) is 4.98 Å². The SMILES string of the molecule is COc1nc2nc(CCc3ccccc3)n(C)c2cc1-c1ccncc1. The summed E-state index contributed by atoms with van der Waals surface area (Å²) < 4.78 is 7.63. The van der Waals surface area contributed by atoms with Crippen molar-refractivity contribution in [1.29, 1.82) is 0 Å². The van der Waals surface area contributed by atoms with Crippen LogP contribution in [-0.2, 0) is 19.9 Å². The van der Waals surface area contributed by atoms with E-state index < -0.39 is 0 Å². The van der Waals surface area contributed by atoms with E-state index in [9.17, 15) is 0 Å². The van der Waals surface area contributed by atoms with E-state index in [1.807, 2.05) is 25.2 Å². The Morgan fingerprint density at radius 3 is 2.46 bits per heavy atom. The molecule has 3 heterocycles. The number of pyridine rings is 2. The molecular weight excluding hydrogens is 324 g/mol. The van der Waals surface area contributed by atoms with Gasteiger partial charge in [0.15, 0.2) is 5.65 Å². The summed E-state index contributed by atoms with van der Waals surface area (Å²) >= 11 is 0. The Balaban J connectivity index is 1.72. The van der Waals surface area contributed by atoms with E-state index in [0.29, 0.717) is 11.5 Å². The standard InChI is InChI=1S/C21H20N4O/c1-25-18-14-17(16-10-12-22-13-11-16)21(26-2)24-20(18)23-19(25)9-8-15-6-4-3-5-7-15/h3-7,10-14H,8-9H2,1-2H3. The highest BCUT2D eigenvalue weighted by atomic mass is 16.5. The fourth-order valence-electron chi connectivity index (χ4n) is 3.16. The van der Waals surface area contributed by atoms with Crippen LogP contribution in [0.15, 0.2) is 60.9 Å². The summed E-state index contributed by atoms with van der Waals surface area (Å²) in [5.41, 5.74) is 4.99. The number of hydrogen-bond acceptors (Lipinski definition) is 4. The number of hydrogen-bond donors (Lipinski definition) is 0. The fraction of sp³-hybridized carbons (Fsp3) is 0.190. The molecule has 0 fully saturated rings. The van der Waals surface area contributed by atoms with Crippen molar-refractivity contribution >= 4 is 11.2 Å². The van der Waals surface area contributed by atoms with Crippen LogP contribution < -0.4 is 4.74 Å². The zero-order chi connectivity index (χ0) is 17.9. The molecule has 0 aliphatic heterocycles. The number of imidazole rings is 1. The predicted molar refractivity (Wildman–Crippen MR) is 102 cm³/mol. The van der Waals surface area contributed by atoms with Crippen LogP contribution in [0.4, 0.5) is 0 Å². The van der Waals surface area contributed by atoms with Gasteiger partial charge >= 0.3 is 0 Å². The third-order valence-corrected chi connectivity index (χ3v) is 4.60. The van der Waals surface area contributed by atoms with Crippen LogP contribution in [0.25, 0.3) is 22.3 Å². The van der Waals surface area contributed by atoms with Crippen LogP contribution in [0.5, 0.6) is 5.88 Å². The fourth-order valence-corrected chi connectivity index (χ4v) is 3.16. The van der Waals surface area contributed by atoms with Gasteiger partial charge < -0.3 is 9.30 Å². The lowest BCUT2D eigenvalue weighted by Gasteiger charge is -2.08. The molecule has 0 saturated heterocycles. The van der Waals surface area contributed by atoms with E-state index in [4.69, 9.17) is 9.72 Å². The number of nitrogens with zero attached hydrogens (tertiary/aromatic N) is 4. The summed E-state index contributed by atoms with van der Waals surface area (Å²) in [6.07, 6.45) is 5.36. The summed E-state index contributed by atoms with van der Waals surface area (Å²) in [4.78, 5) is 13.4. The van der Waals surface area contributed by atoms with Gasteiger partial charge in [-0.25, -0.2) is 4.98 Å². The Morgan fingerprint density at radius 2 is 1.73 bits per heavy atom. The number of benzene rings is 1. The Labute approximate surface area is 152 Å². The molecule has 0 N–H and O–H groups in total. The molecule has 0 aliphatic rings. The second-order valence-corrected chi connectivity index (χ2v) is 6.20. The predicted octanol–water partition coefficient (Wildman–Crippen LogP) is 3.82. The van der Waals surface area contributed by atoms with Crippen molar-refractivity contribution in [3.63, 3.8) is 0 Å². The molecule has 5 nitrogen and oxygen atoms in total. The van der Waals surface area contributed by atoms with Crippen LogP contribution in [0, 0.1) is 0 Å². The van der Waals surface area contributed by atoms with Gasteiger partial charge in [0.25, 0.3) is 0 Å². The Morgan fingerprint density at radius 1 is 0.962 bits per heavy atom. The highest BCUT2D eigenvalue weighted by Gasteiger charge is 2.15. The van der Waals surface area contributed by atoms with Crippen LogP contribution >= 0.6 is 0 Å². The van der Waals surface area contributed by atoms with Crippen LogP contribution in [0.1, 0.15) is 11.4 Å². The molecule has 4 aromatic rings. The highest BCUT2D eigenvalue weighted by Crippen LogP contribution is 2.31. The number of aryl methyl sites for hydroxylation is 3. The molecule has 130 valence electrons. The first-order valence-electron chi connectivity index (χ1n) is 8.61. The molecule has 3 aromatic heterocycles. The number of rotatable bonds is 5. The van der Waals surface area contributed by atoms with E-state index in [1.165, 1.54) is 5.56 Å². The van der Waals surface area contributed by atoms with Crippen molar-refractivity contribution in [2.75, 3.05) is 7.11 Å². The van der Waals surface area contributed by atoms with Crippen LogP contribution in [0.3, 0.4) is 0 Å². The zero-order valence-corrected chi connectivity index (χ0v) is 14.9. The van der Waals surface area contributed by atoms with Gasteiger partial charge in [-0.2, -0.15) is 4.98 Å². The van der Waals surface area contributed by atoms with E-state index in [2.05, 4.69) is 44.9 Å². The van der Waals surface area contributed by atoms with Crippen molar-refractivity contribution in [3.8, 4) is 17.0 Å². The van der Waals surface area contributed by atoms with Crippen molar-refractivity contribution in [2.24, 2.45) is 7.05 Å². The molecule has 0 unspecified atom stereocenters. The molecule has 4 rings (SSSR count). The van der Waals surface area contributed by atoms with Gasteiger partial charge in [0.05, 0.1) is 12.6 Å². The van der Waals surface area contributed by atoms with E-state index in [-0.39, 0.29) is 0 Å². The first-order chi connectivity index (χ1) is 12.8. The van der Waals surface area contributed by atoms with E-state index in [0.717, 1.165) is 35.3 Å². The lowest BCUT2D eigenvalue weighted by atomic mass is 10.1. The van der Waals surface area contributed by atoms with E-state index >= 15 is 0 Å². The molecule has 0 amide bonds. The average Bonchev–Trinajstić information content (AvgIpc) is 3.01. The van der Waals surface area contributed by atoms with Crippen LogP contribution in [0.2, 0.25) is 0 Å². The number of fused-ring (bicyclic) bond motifs is 1. The first-order valence-corrected chi connectivity index (χ1v) is 8.61. The Hall–Kier alpha value is -3.21. The molecule has 26 heavy (non-hydrogen) atoms. The average molecular weight is 344 g/mol. The molecule has 0 spiro atoms. The van der Waals surface area contributed by atoms with Crippen molar-refractivity contribution in [3.05, 3.63) is 72.3 Å². The summed E-state index contributed by atoms with van der Waals surface area (Å²) in [5.74, 6) is 1.60. The van der Waals surface area contributed by atoms with Crippen LogP contribution in [-0.4, -0.2) is 26.6 Å². The second kappa shape index (κ2) is 6.96. The number of methoxy groups -OCH3 is 1. The smallest absolute Gasteiger partial charge is 0.223 e. The Kier molecular flexibility index (Phi) is 4.35. The van der Waals surface area contributed by atoms with Crippen molar-refractivity contribution < 1.29 is 4.74 Å². The summed E-state index contributed by atoms with van der Waals surface area (Å²) in [5, 5.41) is 0. The lowest BCUT2D eigenvalue weighted by Crippen LogP contribution is -2.00. The molecule has 1 aromatic carbocycles. The van der Waals surface area contributed by atoms with Gasteiger partial charge in [0.2, 0.25) is 5.88 Å². The van der Waals surface area contributed by atoms with Gasteiger partial charge in [-0.1, -0.05) is 30.3 Å². The van der Waals surface area contributed by atoms with Gasteiger partial charge in [0.1, 0.15) is 5.82 Å². The zero-order valence-electron chi connectivity index (χ0n) is 14.9. The quantitative estimate of drug-likeness (QED) is 0.552. The molecule has 0 aliphatic carbocycles. The lowest BCUT2D eigenvalue weighted by molar-refractivity contribution is 0.401. The third-order valence-electron chi connectivity index (χ3n) is 4.60. The molecular formula is C21H20N4O. The van der Waals surface area contributed by atoms with Gasteiger partial charge in [-0.05, 0) is 35.7 Å². The van der Waals surface area contributed by atoms with Crippen molar-refractivity contribution in [1.82, 2.24) is 19.5 Å². The summed E-state index contributed by atoms with van der Waals surface area (Å²) in [6.45, 7) is 0. The minimum absolute atomic E-state index is 0.580. The molecule has 0 radical (unpaired) electrons. The molecule has 0 saturated carbocycles.